The number of nitrogens with zero attached hydrogens (tertiary/aromatic N) is 4. The van der Waals surface area contributed by atoms with Crippen LogP contribution in [-0.4, -0.2) is 52.0 Å². The van der Waals surface area contributed by atoms with E-state index in [-0.39, 0.29) is 6.09 Å². The first kappa shape index (κ1) is 13.2. The molecule has 2 aromatic heterocycles. The van der Waals surface area contributed by atoms with Gasteiger partial charge in [-0.25, -0.2) is 14.5 Å². The fourth-order valence-electron chi connectivity index (χ4n) is 2.26. The molecule has 8 heteroatoms. The number of thiazole rings is 1. The molecule has 0 aromatic carbocycles. The van der Waals surface area contributed by atoms with Crippen molar-refractivity contribution in [1.29, 1.82) is 0 Å². The van der Waals surface area contributed by atoms with Crippen LogP contribution in [0.3, 0.4) is 0 Å². The highest BCUT2D eigenvalue weighted by Crippen LogP contribution is 2.27. The summed E-state index contributed by atoms with van der Waals surface area (Å²) in [7, 11) is 1.89. The molecule has 0 atom stereocenters. The van der Waals surface area contributed by atoms with Crippen LogP contribution < -0.4 is 5.32 Å². The molecule has 1 fully saturated rings. The Balaban J connectivity index is 1.59. The molecular weight excluding hydrogens is 278 g/mol. The Hall–Kier alpha value is -1.83. The lowest BCUT2D eigenvalue weighted by Gasteiger charge is -2.26. The molecule has 1 saturated heterocycles. The maximum atomic E-state index is 11.5. The van der Waals surface area contributed by atoms with Crippen molar-refractivity contribution in [2.24, 2.45) is 7.05 Å². The lowest BCUT2D eigenvalue weighted by molar-refractivity contribution is 0.0746. The van der Waals surface area contributed by atoms with Crippen molar-refractivity contribution in [3.05, 3.63) is 5.69 Å². The predicted molar refractivity (Wildman–Crippen MR) is 77.2 cm³/mol. The summed E-state index contributed by atoms with van der Waals surface area (Å²) < 4.78 is 7.89. The van der Waals surface area contributed by atoms with E-state index in [9.17, 15) is 4.79 Å². The Morgan fingerprint density at radius 3 is 3.10 bits per heavy atom. The number of nitrogens with one attached hydrogen (secondary N) is 1. The Labute approximate surface area is 120 Å². The minimum Gasteiger partial charge on any atom is -0.449 e. The Morgan fingerprint density at radius 2 is 2.35 bits per heavy atom. The van der Waals surface area contributed by atoms with Crippen LogP contribution in [0.1, 0.15) is 12.1 Å². The van der Waals surface area contributed by atoms with Gasteiger partial charge in [-0.15, -0.1) is 0 Å². The molecule has 0 aliphatic carbocycles. The molecule has 0 unspecified atom stereocenters. The first-order chi connectivity index (χ1) is 9.65. The van der Waals surface area contributed by atoms with Gasteiger partial charge in [0, 0.05) is 26.7 Å². The van der Waals surface area contributed by atoms with Crippen molar-refractivity contribution < 1.29 is 9.53 Å². The number of carbonyl (C=O) groups excluding carboxylic acids is 1. The zero-order chi connectivity index (χ0) is 14.1. The third kappa shape index (κ3) is 2.43. The summed E-state index contributed by atoms with van der Waals surface area (Å²) in [6.45, 7) is 4.58. The Bertz CT molecular complexity index is 601. The fraction of sp³-hybridized carbons (Fsp3) is 0.583. The molecule has 3 rings (SSSR count). The summed E-state index contributed by atoms with van der Waals surface area (Å²) in [5, 5.41) is 8.44. The zero-order valence-corrected chi connectivity index (χ0v) is 12.4. The van der Waals surface area contributed by atoms with Gasteiger partial charge in [-0.3, -0.25) is 0 Å². The Kier molecular flexibility index (Phi) is 3.47. The van der Waals surface area contributed by atoms with Crippen molar-refractivity contribution in [2.45, 2.75) is 13.3 Å². The summed E-state index contributed by atoms with van der Waals surface area (Å²) in [4.78, 5) is 17.7. The standard InChI is InChI=1S/C12H17N5O2S/c1-8-9-10(16(2)15-8)14-11(20-9)13-4-6-17-5-3-7-19-12(17)18/h3-7H2,1-2H3,(H,13,14). The van der Waals surface area contributed by atoms with Gasteiger partial charge in [0.05, 0.1) is 17.0 Å². The zero-order valence-electron chi connectivity index (χ0n) is 11.5. The Morgan fingerprint density at radius 1 is 1.50 bits per heavy atom. The number of hydrogen-bond acceptors (Lipinski definition) is 6. The van der Waals surface area contributed by atoms with Crippen LogP contribution in [-0.2, 0) is 11.8 Å². The van der Waals surface area contributed by atoms with E-state index >= 15 is 0 Å². The molecule has 3 heterocycles. The molecule has 108 valence electrons. The first-order valence-corrected chi connectivity index (χ1v) is 7.42. The number of anilines is 1. The summed E-state index contributed by atoms with van der Waals surface area (Å²) in [6, 6.07) is 0. The summed E-state index contributed by atoms with van der Waals surface area (Å²) >= 11 is 1.59. The normalized spacial score (nSPS) is 15.7. The van der Waals surface area contributed by atoms with E-state index < -0.39 is 0 Å². The van der Waals surface area contributed by atoms with Crippen molar-refractivity contribution >= 4 is 32.9 Å². The van der Waals surface area contributed by atoms with Gasteiger partial charge in [-0.2, -0.15) is 5.10 Å². The average Bonchev–Trinajstić information content (AvgIpc) is 2.95. The highest BCUT2D eigenvalue weighted by Gasteiger charge is 2.19. The number of carbonyl (C=O) groups is 1. The van der Waals surface area contributed by atoms with Gasteiger partial charge in [-0.1, -0.05) is 11.3 Å². The number of fused-ring (bicyclic) bond motifs is 1. The molecule has 1 amide bonds. The van der Waals surface area contributed by atoms with E-state index in [0.717, 1.165) is 34.1 Å². The van der Waals surface area contributed by atoms with E-state index in [1.54, 1.807) is 20.9 Å². The van der Waals surface area contributed by atoms with E-state index in [0.29, 0.717) is 19.7 Å². The average molecular weight is 295 g/mol. The van der Waals surface area contributed by atoms with Crippen LogP contribution in [0.25, 0.3) is 10.3 Å². The highest BCUT2D eigenvalue weighted by molar-refractivity contribution is 7.22. The number of hydrogen-bond donors (Lipinski definition) is 1. The number of aromatic nitrogens is 3. The topological polar surface area (TPSA) is 72.3 Å². The molecular formula is C12H17N5O2S. The number of aryl methyl sites for hydroxylation is 2. The van der Waals surface area contributed by atoms with Gasteiger partial charge >= 0.3 is 6.09 Å². The lowest BCUT2D eigenvalue weighted by atomic mass is 10.3. The summed E-state index contributed by atoms with van der Waals surface area (Å²) in [6.07, 6.45) is 0.681. The first-order valence-electron chi connectivity index (χ1n) is 6.61. The number of ether oxygens (including phenoxy) is 1. The van der Waals surface area contributed by atoms with Gasteiger partial charge < -0.3 is 15.0 Å². The third-order valence-electron chi connectivity index (χ3n) is 3.26. The van der Waals surface area contributed by atoms with Crippen LogP contribution in [0.15, 0.2) is 0 Å². The third-order valence-corrected chi connectivity index (χ3v) is 4.37. The number of cyclic esters (lactones) is 1. The molecule has 0 spiro atoms. The van der Waals surface area contributed by atoms with Gasteiger partial charge in [0.1, 0.15) is 0 Å². The van der Waals surface area contributed by atoms with Crippen molar-refractivity contribution in [1.82, 2.24) is 19.7 Å². The van der Waals surface area contributed by atoms with Gasteiger partial charge in [-0.05, 0) is 13.3 Å². The number of rotatable bonds is 4. The molecule has 20 heavy (non-hydrogen) atoms. The van der Waals surface area contributed by atoms with Gasteiger partial charge in [0.15, 0.2) is 10.8 Å². The van der Waals surface area contributed by atoms with E-state index in [1.165, 1.54) is 0 Å². The van der Waals surface area contributed by atoms with Crippen molar-refractivity contribution in [2.75, 3.05) is 31.6 Å². The van der Waals surface area contributed by atoms with Crippen LogP contribution >= 0.6 is 11.3 Å². The molecule has 1 aliphatic heterocycles. The molecule has 1 N–H and O–H groups in total. The molecule has 7 nitrogen and oxygen atoms in total. The van der Waals surface area contributed by atoms with Crippen molar-refractivity contribution in [3.8, 4) is 0 Å². The smallest absolute Gasteiger partial charge is 0.409 e. The van der Waals surface area contributed by atoms with Crippen LogP contribution in [0.4, 0.5) is 9.93 Å². The minimum absolute atomic E-state index is 0.220. The monoisotopic (exact) mass is 295 g/mol. The largest absolute Gasteiger partial charge is 0.449 e. The SMILES string of the molecule is Cc1nn(C)c2nc(NCCN3CCCOC3=O)sc12. The molecule has 0 radical (unpaired) electrons. The molecule has 0 bridgehead atoms. The summed E-state index contributed by atoms with van der Waals surface area (Å²) in [5.41, 5.74) is 1.89. The van der Waals surface area contributed by atoms with Crippen molar-refractivity contribution in [3.63, 3.8) is 0 Å². The van der Waals surface area contributed by atoms with Crippen LogP contribution in [0.5, 0.6) is 0 Å². The summed E-state index contributed by atoms with van der Waals surface area (Å²) in [5.74, 6) is 0. The molecule has 1 aliphatic rings. The van der Waals surface area contributed by atoms with Crippen LogP contribution in [0, 0.1) is 6.92 Å². The number of amides is 1. The maximum absolute atomic E-state index is 11.5. The van der Waals surface area contributed by atoms with E-state index in [2.05, 4.69) is 15.4 Å². The van der Waals surface area contributed by atoms with Gasteiger partial charge in [0.2, 0.25) is 0 Å². The quantitative estimate of drug-likeness (QED) is 0.927. The minimum atomic E-state index is -0.220. The second-order valence-electron chi connectivity index (χ2n) is 4.76. The lowest BCUT2D eigenvalue weighted by Crippen LogP contribution is -2.40. The highest BCUT2D eigenvalue weighted by atomic mass is 32.1. The van der Waals surface area contributed by atoms with E-state index in [4.69, 9.17) is 4.74 Å². The predicted octanol–water partition coefficient (Wildman–Crippen LogP) is 1.59. The van der Waals surface area contributed by atoms with Gasteiger partial charge in [0.25, 0.3) is 0 Å². The van der Waals surface area contributed by atoms with Crippen LogP contribution in [0.2, 0.25) is 0 Å². The fourth-order valence-corrected chi connectivity index (χ4v) is 3.22. The molecule has 2 aromatic rings. The van der Waals surface area contributed by atoms with E-state index in [1.807, 2.05) is 14.0 Å². The second kappa shape index (κ2) is 5.28. The second-order valence-corrected chi connectivity index (χ2v) is 5.76. The maximum Gasteiger partial charge on any atom is 0.409 e. The molecule has 0 saturated carbocycles.